The van der Waals surface area contributed by atoms with E-state index in [2.05, 4.69) is 54.0 Å². The highest BCUT2D eigenvalue weighted by Gasteiger charge is 2.00. The van der Waals surface area contributed by atoms with Crippen LogP contribution < -0.4 is 0 Å². The average molecular weight is 255 g/mol. The third-order valence-corrected chi connectivity index (χ3v) is 3.65. The minimum Gasteiger partial charge on any atom is -0.0891 e. The van der Waals surface area contributed by atoms with E-state index in [9.17, 15) is 0 Å². The second kappa shape index (κ2) is 6.23. The second-order valence-corrected chi connectivity index (χ2v) is 5.18. The summed E-state index contributed by atoms with van der Waals surface area (Å²) >= 11 is 3.66. The third kappa shape index (κ3) is 4.28. The molecule has 1 unspecified atom stereocenters. The molecule has 0 bridgehead atoms. The number of hydrogen-bond acceptors (Lipinski definition) is 0. The van der Waals surface area contributed by atoms with Crippen molar-refractivity contribution in [1.82, 2.24) is 0 Å². The standard InChI is InChI=1S/C13H19Br/c1-3-13(14)6-4-5-12-9-7-11(2)8-10-12/h7-10,13H,3-6H2,1-2H3. The van der Waals surface area contributed by atoms with Crippen LogP contribution in [0.3, 0.4) is 0 Å². The Morgan fingerprint density at radius 1 is 1.21 bits per heavy atom. The second-order valence-electron chi connectivity index (χ2n) is 3.88. The zero-order valence-corrected chi connectivity index (χ0v) is 10.7. The Labute approximate surface area is 95.9 Å². The Morgan fingerprint density at radius 2 is 1.86 bits per heavy atom. The largest absolute Gasteiger partial charge is 0.0891 e. The fourth-order valence-electron chi connectivity index (χ4n) is 1.49. The molecule has 0 radical (unpaired) electrons. The van der Waals surface area contributed by atoms with Crippen molar-refractivity contribution in [3.05, 3.63) is 35.4 Å². The van der Waals surface area contributed by atoms with Crippen LogP contribution in [0.4, 0.5) is 0 Å². The molecule has 0 aliphatic heterocycles. The first-order valence-corrected chi connectivity index (χ1v) is 6.33. The van der Waals surface area contributed by atoms with Gasteiger partial charge in [-0.15, -0.1) is 0 Å². The highest BCUT2D eigenvalue weighted by molar-refractivity contribution is 9.09. The van der Waals surface area contributed by atoms with Crippen molar-refractivity contribution in [3.8, 4) is 0 Å². The van der Waals surface area contributed by atoms with Crippen LogP contribution in [0, 0.1) is 6.92 Å². The van der Waals surface area contributed by atoms with Gasteiger partial charge in [0.1, 0.15) is 0 Å². The number of hydrogen-bond donors (Lipinski definition) is 0. The monoisotopic (exact) mass is 254 g/mol. The van der Waals surface area contributed by atoms with Crippen molar-refractivity contribution in [2.24, 2.45) is 0 Å². The van der Waals surface area contributed by atoms with Crippen molar-refractivity contribution in [1.29, 1.82) is 0 Å². The van der Waals surface area contributed by atoms with Crippen molar-refractivity contribution >= 4 is 15.9 Å². The van der Waals surface area contributed by atoms with E-state index in [-0.39, 0.29) is 0 Å². The normalized spacial score (nSPS) is 12.8. The molecule has 14 heavy (non-hydrogen) atoms. The van der Waals surface area contributed by atoms with E-state index < -0.39 is 0 Å². The van der Waals surface area contributed by atoms with E-state index in [1.54, 1.807) is 0 Å². The van der Waals surface area contributed by atoms with Gasteiger partial charge in [0, 0.05) is 4.83 Å². The van der Waals surface area contributed by atoms with Gasteiger partial charge < -0.3 is 0 Å². The summed E-state index contributed by atoms with van der Waals surface area (Å²) in [5.41, 5.74) is 2.81. The molecule has 0 saturated carbocycles. The topological polar surface area (TPSA) is 0 Å². The molecular weight excluding hydrogens is 236 g/mol. The van der Waals surface area contributed by atoms with Gasteiger partial charge in [-0.2, -0.15) is 0 Å². The molecule has 0 nitrogen and oxygen atoms in total. The van der Waals surface area contributed by atoms with Gasteiger partial charge in [-0.1, -0.05) is 52.7 Å². The number of aryl methyl sites for hydroxylation is 2. The molecule has 0 spiro atoms. The molecule has 1 heteroatoms. The van der Waals surface area contributed by atoms with Crippen LogP contribution in [-0.2, 0) is 6.42 Å². The molecule has 0 aliphatic rings. The number of halogens is 1. The molecule has 0 heterocycles. The molecular formula is C13H19Br. The van der Waals surface area contributed by atoms with Gasteiger partial charge in [0.15, 0.2) is 0 Å². The maximum absolute atomic E-state index is 3.66. The van der Waals surface area contributed by atoms with E-state index in [0.29, 0.717) is 4.83 Å². The molecule has 78 valence electrons. The zero-order valence-electron chi connectivity index (χ0n) is 9.09. The molecule has 0 aromatic heterocycles. The summed E-state index contributed by atoms with van der Waals surface area (Å²) in [6, 6.07) is 8.87. The lowest BCUT2D eigenvalue weighted by molar-refractivity contribution is 0.690. The van der Waals surface area contributed by atoms with Crippen molar-refractivity contribution in [2.75, 3.05) is 0 Å². The molecule has 1 aromatic rings. The van der Waals surface area contributed by atoms with Crippen LogP contribution >= 0.6 is 15.9 Å². The molecule has 0 saturated heterocycles. The average Bonchev–Trinajstić information content (AvgIpc) is 2.21. The number of alkyl halides is 1. The van der Waals surface area contributed by atoms with Gasteiger partial charge >= 0.3 is 0 Å². The summed E-state index contributed by atoms with van der Waals surface area (Å²) in [6.45, 7) is 4.36. The minimum absolute atomic E-state index is 0.702. The maximum Gasteiger partial charge on any atom is 0.0143 e. The van der Waals surface area contributed by atoms with Crippen LogP contribution in [0.15, 0.2) is 24.3 Å². The quantitative estimate of drug-likeness (QED) is 0.680. The third-order valence-electron chi connectivity index (χ3n) is 2.55. The Hall–Kier alpha value is -0.300. The smallest absolute Gasteiger partial charge is 0.0143 e. The molecule has 0 amide bonds. The first kappa shape index (κ1) is 11.8. The highest BCUT2D eigenvalue weighted by atomic mass is 79.9. The van der Waals surface area contributed by atoms with E-state index in [0.717, 1.165) is 0 Å². The first-order valence-electron chi connectivity index (χ1n) is 5.42. The Kier molecular flexibility index (Phi) is 5.24. The highest BCUT2D eigenvalue weighted by Crippen LogP contribution is 2.14. The lowest BCUT2D eigenvalue weighted by Crippen LogP contribution is -1.96. The lowest BCUT2D eigenvalue weighted by Gasteiger charge is -2.06. The number of rotatable bonds is 5. The van der Waals surface area contributed by atoms with Crippen molar-refractivity contribution < 1.29 is 0 Å². The zero-order chi connectivity index (χ0) is 10.4. The molecule has 0 fully saturated rings. The summed E-state index contributed by atoms with van der Waals surface area (Å²) in [4.78, 5) is 0.702. The Morgan fingerprint density at radius 3 is 2.43 bits per heavy atom. The van der Waals surface area contributed by atoms with Crippen molar-refractivity contribution in [3.63, 3.8) is 0 Å². The molecule has 1 aromatic carbocycles. The Bertz CT molecular complexity index is 250. The van der Waals surface area contributed by atoms with Crippen LogP contribution in [0.1, 0.15) is 37.3 Å². The molecule has 0 aliphatic carbocycles. The lowest BCUT2D eigenvalue weighted by atomic mass is 10.1. The first-order chi connectivity index (χ1) is 6.72. The summed E-state index contributed by atoms with van der Waals surface area (Å²) < 4.78 is 0. The summed E-state index contributed by atoms with van der Waals surface area (Å²) in [5.74, 6) is 0. The van der Waals surface area contributed by atoms with E-state index >= 15 is 0 Å². The molecule has 0 N–H and O–H groups in total. The predicted molar refractivity (Wildman–Crippen MR) is 67.1 cm³/mol. The fraction of sp³-hybridized carbons (Fsp3) is 0.538. The van der Waals surface area contributed by atoms with Gasteiger partial charge in [0.25, 0.3) is 0 Å². The van der Waals surface area contributed by atoms with E-state index in [1.807, 2.05) is 0 Å². The van der Waals surface area contributed by atoms with Gasteiger partial charge in [-0.05, 0) is 38.2 Å². The van der Waals surface area contributed by atoms with Gasteiger partial charge in [-0.25, -0.2) is 0 Å². The maximum atomic E-state index is 3.66. The van der Waals surface area contributed by atoms with E-state index in [1.165, 1.54) is 36.8 Å². The van der Waals surface area contributed by atoms with Crippen molar-refractivity contribution in [2.45, 2.75) is 44.4 Å². The van der Waals surface area contributed by atoms with Crippen LogP contribution in [0.5, 0.6) is 0 Å². The van der Waals surface area contributed by atoms with Gasteiger partial charge in [-0.3, -0.25) is 0 Å². The number of benzene rings is 1. The van der Waals surface area contributed by atoms with Gasteiger partial charge in [0.2, 0.25) is 0 Å². The van der Waals surface area contributed by atoms with Crippen LogP contribution in [0.2, 0.25) is 0 Å². The molecule has 1 rings (SSSR count). The van der Waals surface area contributed by atoms with Crippen LogP contribution in [-0.4, -0.2) is 4.83 Å². The van der Waals surface area contributed by atoms with E-state index in [4.69, 9.17) is 0 Å². The summed E-state index contributed by atoms with van der Waals surface area (Å²) in [6.07, 6.45) is 5.01. The fourth-order valence-corrected chi connectivity index (χ4v) is 1.81. The van der Waals surface area contributed by atoms with Crippen LogP contribution in [0.25, 0.3) is 0 Å². The minimum atomic E-state index is 0.702. The molecule has 1 atom stereocenters. The Balaban J connectivity index is 2.28. The SMILES string of the molecule is CCC(Br)CCCc1ccc(C)cc1. The summed E-state index contributed by atoms with van der Waals surface area (Å²) in [5, 5.41) is 0. The summed E-state index contributed by atoms with van der Waals surface area (Å²) in [7, 11) is 0. The predicted octanol–water partition coefficient (Wildman–Crippen LogP) is 4.49. The van der Waals surface area contributed by atoms with Gasteiger partial charge in [0.05, 0.1) is 0 Å².